The van der Waals surface area contributed by atoms with Gasteiger partial charge >= 0.3 is 0 Å². The lowest BCUT2D eigenvalue weighted by Crippen LogP contribution is -2.17. The Morgan fingerprint density at radius 2 is 1.94 bits per heavy atom. The summed E-state index contributed by atoms with van der Waals surface area (Å²) in [5.74, 6) is 1.08. The summed E-state index contributed by atoms with van der Waals surface area (Å²) >= 11 is 1.90. The van der Waals surface area contributed by atoms with Gasteiger partial charge in [-0.2, -0.15) is 0 Å². The zero-order valence-corrected chi connectivity index (χ0v) is 11.4. The third kappa shape index (κ3) is 4.17. The summed E-state index contributed by atoms with van der Waals surface area (Å²) in [5, 5.41) is 3.41. The van der Waals surface area contributed by atoms with Crippen molar-refractivity contribution in [3.63, 3.8) is 0 Å². The molecule has 2 nitrogen and oxygen atoms in total. The van der Waals surface area contributed by atoms with Crippen LogP contribution in [-0.4, -0.2) is 17.3 Å². The minimum Gasteiger partial charge on any atom is -0.310 e. The lowest BCUT2D eigenvalue weighted by Gasteiger charge is -2.06. The van der Waals surface area contributed by atoms with Crippen molar-refractivity contribution in [1.29, 1.82) is 0 Å². The average molecular weight is 258 g/mol. The highest BCUT2D eigenvalue weighted by molar-refractivity contribution is 7.99. The summed E-state index contributed by atoms with van der Waals surface area (Å²) in [7, 11) is 0. The highest BCUT2D eigenvalue weighted by Crippen LogP contribution is 2.20. The van der Waals surface area contributed by atoms with Gasteiger partial charge < -0.3 is 5.32 Å². The molecule has 2 aromatic rings. The fourth-order valence-corrected chi connectivity index (χ4v) is 2.61. The lowest BCUT2D eigenvalue weighted by atomic mass is 10.2. The molecule has 0 bridgehead atoms. The third-order valence-corrected chi connectivity index (χ3v) is 3.84. The van der Waals surface area contributed by atoms with Gasteiger partial charge in [0.15, 0.2) is 0 Å². The standard InChI is InChI=1S/C15H18N2S/c1-13-6-2-3-8-15(13)18-11-10-16-12-14-7-4-5-9-17-14/h2-9,16H,10-12H2,1H3. The maximum absolute atomic E-state index is 4.28. The van der Waals surface area contributed by atoms with E-state index in [-0.39, 0.29) is 0 Å². The van der Waals surface area contributed by atoms with Gasteiger partial charge in [-0.3, -0.25) is 4.98 Å². The minimum absolute atomic E-state index is 0.842. The van der Waals surface area contributed by atoms with E-state index in [4.69, 9.17) is 0 Å². The first-order valence-corrected chi connectivity index (χ1v) is 7.14. The summed E-state index contributed by atoms with van der Waals surface area (Å²) < 4.78 is 0. The number of pyridine rings is 1. The highest BCUT2D eigenvalue weighted by Gasteiger charge is 1.97. The van der Waals surface area contributed by atoms with E-state index >= 15 is 0 Å². The van der Waals surface area contributed by atoms with Gasteiger partial charge in [0.2, 0.25) is 0 Å². The van der Waals surface area contributed by atoms with Crippen LogP contribution in [0.2, 0.25) is 0 Å². The number of aromatic nitrogens is 1. The number of nitrogens with zero attached hydrogens (tertiary/aromatic N) is 1. The third-order valence-electron chi connectivity index (χ3n) is 2.66. The van der Waals surface area contributed by atoms with E-state index < -0.39 is 0 Å². The second-order valence-electron chi connectivity index (χ2n) is 4.11. The van der Waals surface area contributed by atoms with E-state index in [9.17, 15) is 0 Å². The van der Waals surface area contributed by atoms with Crippen LogP contribution in [0.15, 0.2) is 53.6 Å². The summed E-state index contributed by atoms with van der Waals surface area (Å²) in [6, 6.07) is 14.5. The fourth-order valence-electron chi connectivity index (χ4n) is 1.67. The van der Waals surface area contributed by atoms with E-state index in [1.54, 1.807) is 0 Å². The van der Waals surface area contributed by atoms with Crippen LogP contribution in [0.25, 0.3) is 0 Å². The van der Waals surface area contributed by atoms with Crippen molar-refractivity contribution < 1.29 is 0 Å². The van der Waals surface area contributed by atoms with Crippen molar-refractivity contribution >= 4 is 11.8 Å². The summed E-state index contributed by atoms with van der Waals surface area (Å²) in [4.78, 5) is 5.65. The topological polar surface area (TPSA) is 24.9 Å². The van der Waals surface area contributed by atoms with Crippen LogP contribution in [-0.2, 0) is 6.54 Å². The molecule has 1 heterocycles. The predicted octanol–water partition coefficient (Wildman–Crippen LogP) is 3.27. The number of hydrogen-bond donors (Lipinski definition) is 1. The van der Waals surface area contributed by atoms with Crippen molar-refractivity contribution in [2.24, 2.45) is 0 Å². The molecule has 2 rings (SSSR count). The normalized spacial score (nSPS) is 10.5. The van der Waals surface area contributed by atoms with Gasteiger partial charge in [-0.05, 0) is 30.7 Å². The monoisotopic (exact) mass is 258 g/mol. The number of benzene rings is 1. The van der Waals surface area contributed by atoms with Gasteiger partial charge in [-0.1, -0.05) is 24.3 Å². The van der Waals surface area contributed by atoms with E-state index in [1.165, 1.54) is 10.5 Å². The Bertz CT molecular complexity index is 471. The Labute approximate surface area is 113 Å². The number of aryl methyl sites for hydroxylation is 1. The van der Waals surface area contributed by atoms with Crippen molar-refractivity contribution in [3.05, 3.63) is 59.9 Å². The first-order valence-electron chi connectivity index (χ1n) is 6.15. The Hall–Kier alpha value is -1.32. The molecule has 0 aliphatic rings. The molecular formula is C15H18N2S. The average Bonchev–Trinajstić information content (AvgIpc) is 2.42. The molecule has 1 aromatic carbocycles. The summed E-state index contributed by atoms with van der Waals surface area (Å²) in [6.45, 7) is 3.99. The molecule has 0 amide bonds. The van der Waals surface area contributed by atoms with Crippen LogP contribution >= 0.6 is 11.8 Å². The van der Waals surface area contributed by atoms with Gasteiger partial charge in [-0.25, -0.2) is 0 Å². The largest absolute Gasteiger partial charge is 0.310 e. The van der Waals surface area contributed by atoms with E-state index in [2.05, 4.69) is 41.5 Å². The predicted molar refractivity (Wildman–Crippen MR) is 77.8 cm³/mol. The van der Waals surface area contributed by atoms with E-state index in [0.29, 0.717) is 0 Å². The molecule has 0 aliphatic carbocycles. The number of rotatable bonds is 6. The zero-order chi connectivity index (χ0) is 12.6. The van der Waals surface area contributed by atoms with Crippen LogP contribution in [0, 0.1) is 6.92 Å². The molecule has 0 saturated heterocycles. The Morgan fingerprint density at radius 3 is 2.72 bits per heavy atom. The number of thioether (sulfide) groups is 1. The highest BCUT2D eigenvalue weighted by atomic mass is 32.2. The molecule has 3 heteroatoms. The van der Waals surface area contributed by atoms with Crippen molar-refractivity contribution in [2.45, 2.75) is 18.4 Å². The molecule has 0 fully saturated rings. The van der Waals surface area contributed by atoms with Gasteiger partial charge in [0.25, 0.3) is 0 Å². The molecule has 1 N–H and O–H groups in total. The Balaban J connectivity index is 1.66. The number of hydrogen-bond acceptors (Lipinski definition) is 3. The minimum atomic E-state index is 0.842. The van der Waals surface area contributed by atoms with Gasteiger partial charge in [0.05, 0.1) is 5.69 Å². The maximum atomic E-state index is 4.28. The van der Waals surface area contributed by atoms with Crippen LogP contribution < -0.4 is 5.32 Å². The van der Waals surface area contributed by atoms with Gasteiger partial charge in [0.1, 0.15) is 0 Å². The molecular weight excluding hydrogens is 240 g/mol. The van der Waals surface area contributed by atoms with Crippen LogP contribution in [0.3, 0.4) is 0 Å². The first kappa shape index (κ1) is 13.1. The van der Waals surface area contributed by atoms with Crippen molar-refractivity contribution in [2.75, 3.05) is 12.3 Å². The molecule has 18 heavy (non-hydrogen) atoms. The van der Waals surface area contributed by atoms with Crippen molar-refractivity contribution in [1.82, 2.24) is 10.3 Å². The van der Waals surface area contributed by atoms with Crippen molar-refractivity contribution in [3.8, 4) is 0 Å². The Kier molecular flexibility index (Phi) is 5.24. The quantitative estimate of drug-likeness (QED) is 0.636. The van der Waals surface area contributed by atoms with Crippen LogP contribution in [0.1, 0.15) is 11.3 Å². The molecule has 0 radical (unpaired) electrons. The molecule has 0 unspecified atom stereocenters. The smallest absolute Gasteiger partial charge is 0.0541 e. The van der Waals surface area contributed by atoms with Gasteiger partial charge in [0, 0.05) is 29.9 Å². The van der Waals surface area contributed by atoms with Crippen LogP contribution in [0.5, 0.6) is 0 Å². The Morgan fingerprint density at radius 1 is 1.11 bits per heavy atom. The fraction of sp³-hybridized carbons (Fsp3) is 0.267. The molecule has 0 spiro atoms. The molecule has 1 aromatic heterocycles. The zero-order valence-electron chi connectivity index (χ0n) is 10.6. The second-order valence-corrected chi connectivity index (χ2v) is 5.25. The first-order chi connectivity index (χ1) is 8.86. The van der Waals surface area contributed by atoms with Crippen LogP contribution in [0.4, 0.5) is 0 Å². The maximum Gasteiger partial charge on any atom is 0.0541 e. The molecule has 0 aliphatic heterocycles. The summed E-state index contributed by atoms with van der Waals surface area (Å²) in [5.41, 5.74) is 2.45. The van der Waals surface area contributed by atoms with E-state index in [0.717, 1.165) is 24.5 Å². The summed E-state index contributed by atoms with van der Waals surface area (Å²) in [6.07, 6.45) is 1.83. The number of nitrogens with one attached hydrogen (secondary N) is 1. The second kappa shape index (κ2) is 7.19. The molecule has 0 saturated carbocycles. The SMILES string of the molecule is Cc1ccccc1SCCNCc1ccccn1. The molecule has 94 valence electrons. The van der Waals surface area contributed by atoms with E-state index in [1.807, 2.05) is 36.2 Å². The molecule has 0 atom stereocenters. The lowest BCUT2D eigenvalue weighted by molar-refractivity contribution is 0.715. The van der Waals surface area contributed by atoms with Gasteiger partial charge in [-0.15, -0.1) is 11.8 Å².